The van der Waals surface area contributed by atoms with Gasteiger partial charge >= 0.3 is 0 Å². The number of hydrogen-bond acceptors (Lipinski definition) is 2. The molecule has 0 aliphatic heterocycles. The lowest BCUT2D eigenvalue weighted by atomic mass is 10.2. The van der Waals surface area contributed by atoms with Crippen molar-refractivity contribution >= 4 is 5.96 Å². The lowest BCUT2D eigenvalue weighted by Gasteiger charge is -2.22. The molecule has 1 aromatic heterocycles. The first-order valence-corrected chi connectivity index (χ1v) is 5.82. The number of aryl methyl sites for hydroxylation is 1. The second kappa shape index (κ2) is 6.23. The SMILES string of the molecule is Cc1cccnc1CCN=C(N(C)C)N(C)C. The molecule has 0 aliphatic rings. The van der Waals surface area contributed by atoms with Gasteiger partial charge in [-0.3, -0.25) is 9.98 Å². The minimum Gasteiger partial charge on any atom is -0.349 e. The van der Waals surface area contributed by atoms with Gasteiger partial charge in [0.05, 0.1) is 0 Å². The van der Waals surface area contributed by atoms with Crippen molar-refractivity contribution in [2.24, 2.45) is 4.99 Å². The summed E-state index contributed by atoms with van der Waals surface area (Å²) in [6.07, 6.45) is 2.72. The molecule has 1 heterocycles. The summed E-state index contributed by atoms with van der Waals surface area (Å²) < 4.78 is 0. The van der Waals surface area contributed by atoms with E-state index in [1.807, 2.05) is 50.3 Å². The van der Waals surface area contributed by atoms with Gasteiger partial charge in [0.1, 0.15) is 0 Å². The molecule has 0 radical (unpaired) electrons. The van der Waals surface area contributed by atoms with Gasteiger partial charge in [-0.05, 0) is 18.6 Å². The average Bonchev–Trinajstić information content (AvgIpc) is 2.25. The zero-order valence-corrected chi connectivity index (χ0v) is 11.4. The Morgan fingerprint density at radius 2 is 1.88 bits per heavy atom. The van der Waals surface area contributed by atoms with Gasteiger partial charge in [0.2, 0.25) is 0 Å². The van der Waals surface area contributed by atoms with Gasteiger partial charge < -0.3 is 9.80 Å². The summed E-state index contributed by atoms with van der Waals surface area (Å²) in [4.78, 5) is 13.0. The monoisotopic (exact) mass is 234 g/mol. The van der Waals surface area contributed by atoms with Crippen LogP contribution in [0.5, 0.6) is 0 Å². The van der Waals surface area contributed by atoms with E-state index in [-0.39, 0.29) is 0 Å². The zero-order valence-electron chi connectivity index (χ0n) is 11.4. The van der Waals surface area contributed by atoms with E-state index >= 15 is 0 Å². The third-order valence-electron chi connectivity index (χ3n) is 2.52. The number of hydrogen-bond donors (Lipinski definition) is 0. The molecule has 0 bridgehead atoms. The molecule has 0 saturated carbocycles. The van der Waals surface area contributed by atoms with Crippen molar-refractivity contribution in [3.63, 3.8) is 0 Å². The van der Waals surface area contributed by atoms with Crippen LogP contribution in [0, 0.1) is 6.92 Å². The van der Waals surface area contributed by atoms with Gasteiger partial charge in [-0.1, -0.05) is 6.07 Å². The van der Waals surface area contributed by atoms with E-state index in [0.29, 0.717) is 0 Å². The first-order valence-electron chi connectivity index (χ1n) is 5.82. The molecule has 0 amide bonds. The molecule has 0 fully saturated rings. The number of guanidine groups is 1. The molecule has 0 unspecified atom stereocenters. The summed E-state index contributed by atoms with van der Waals surface area (Å²) in [6.45, 7) is 2.86. The van der Waals surface area contributed by atoms with Crippen LogP contribution in [0.3, 0.4) is 0 Å². The van der Waals surface area contributed by atoms with Gasteiger partial charge in [-0.2, -0.15) is 0 Å². The average molecular weight is 234 g/mol. The Hall–Kier alpha value is -1.58. The molecule has 0 atom stereocenters. The predicted molar refractivity (Wildman–Crippen MR) is 72.4 cm³/mol. The Balaban J connectivity index is 2.62. The van der Waals surface area contributed by atoms with Crippen molar-refractivity contribution in [1.29, 1.82) is 0 Å². The number of aromatic nitrogens is 1. The van der Waals surface area contributed by atoms with E-state index < -0.39 is 0 Å². The Labute approximate surface area is 104 Å². The summed E-state index contributed by atoms with van der Waals surface area (Å²) in [5, 5.41) is 0. The van der Waals surface area contributed by atoms with Crippen LogP contribution in [-0.2, 0) is 6.42 Å². The molecule has 1 aromatic rings. The van der Waals surface area contributed by atoms with Crippen LogP contribution in [0.4, 0.5) is 0 Å². The van der Waals surface area contributed by atoms with Gasteiger partial charge in [0.25, 0.3) is 0 Å². The van der Waals surface area contributed by atoms with Crippen molar-refractivity contribution in [1.82, 2.24) is 14.8 Å². The molecule has 4 heteroatoms. The highest BCUT2D eigenvalue weighted by atomic mass is 15.3. The molecule has 0 N–H and O–H groups in total. The lowest BCUT2D eigenvalue weighted by Crippen LogP contribution is -2.35. The third kappa shape index (κ3) is 4.06. The van der Waals surface area contributed by atoms with Gasteiger partial charge in [0.15, 0.2) is 5.96 Å². The van der Waals surface area contributed by atoms with Crippen molar-refractivity contribution in [2.45, 2.75) is 13.3 Å². The van der Waals surface area contributed by atoms with Crippen molar-refractivity contribution in [3.8, 4) is 0 Å². The Morgan fingerprint density at radius 1 is 1.24 bits per heavy atom. The summed E-state index contributed by atoms with van der Waals surface area (Å²) in [7, 11) is 8.02. The van der Waals surface area contributed by atoms with Crippen LogP contribution in [0.25, 0.3) is 0 Å². The van der Waals surface area contributed by atoms with Crippen LogP contribution in [0.15, 0.2) is 23.3 Å². The number of aliphatic imine (C=N–C) groups is 1. The van der Waals surface area contributed by atoms with Gasteiger partial charge in [-0.25, -0.2) is 0 Å². The first-order chi connectivity index (χ1) is 8.02. The number of rotatable bonds is 3. The second-order valence-corrected chi connectivity index (χ2v) is 4.49. The maximum Gasteiger partial charge on any atom is 0.195 e. The number of nitrogens with zero attached hydrogens (tertiary/aromatic N) is 4. The van der Waals surface area contributed by atoms with E-state index in [1.165, 1.54) is 5.56 Å². The Bertz CT molecular complexity index is 373. The quantitative estimate of drug-likeness (QED) is 0.585. The maximum absolute atomic E-state index is 4.59. The van der Waals surface area contributed by atoms with E-state index in [1.54, 1.807) is 0 Å². The van der Waals surface area contributed by atoms with E-state index in [0.717, 1.165) is 24.6 Å². The van der Waals surface area contributed by atoms with Crippen LogP contribution in [0.2, 0.25) is 0 Å². The fourth-order valence-corrected chi connectivity index (χ4v) is 1.72. The number of pyridine rings is 1. The summed E-state index contributed by atoms with van der Waals surface area (Å²) in [5.41, 5.74) is 2.37. The smallest absolute Gasteiger partial charge is 0.195 e. The van der Waals surface area contributed by atoms with Gasteiger partial charge in [-0.15, -0.1) is 0 Å². The highest BCUT2D eigenvalue weighted by Crippen LogP contribution is 2.04. The minimum atomic E-state index is 0.767. The Kier molecular flexibility index (Phi) is 4.94. The van der Waals surface area contributed by atoms with Crippen molar-refractivity contribution in [3.05, 3.63) is 29.6 Å². The fraction of sp³-hybridized carbons (Fsp3) is 0.538. The Morgan fingerprint density at radius 3 is 2.41 bits per heavy atom. The standard InChI is InChI=1S/C13H22N4/c1-11-7-6-9-14-12(11)8-10-15-13(16(2)3)17(4)5/h6-7,9H,8,10H2,1-5H3. The summed E-state index contributed by atoms with van der Waals surface area (Å²) in [6, 6.07) is 4.05. The summed E-state index contributed by atoms with van der Waals surface area (Å²) >= 11 is 0. The summed E-state index contributed by atoms with van der Waals surface area (Å²) in [5.74, 6) is 0.985. The van der Waals surface area contributed by atoms with E-state index in [9.17, 15) is 0 Å². The molecule has 0 saturated heterocycles. The van der Waals surface area contributed by atoms with Crippen LogP contribution in [-0.4, -0.2) is 55.5 Å². The second-order valence-electron chi connectivity index (χ2n) is 4.49. The topological polar surface area (TPSA) is 31.7 Å². The molecule has 0 spiro atoms. The van der Waals surface area contributed by atoms with Gasteiger partial charge in [0, 0.05) is 53.0 Å². The lowest BCUT2D eigenvalue weighted by molar-refractivity contribution is 0.479. The largest absolute Gasteiger partial charge is 0.349 e. The van der Waals surface area contributed by atoms with Crippen LogP contribution in [0.1, 0.15) is 11.3 Å². The highest BCUT2D eigenvalue weighted by molar-refractivity contribution is 5.79. The minimum absolute atomic E-state index is 0.767. The molecule has 4 nitrogen and oxygen atoms in total. The molecule has 17 heavy (non-hydrogen) atoms. The third-order valence-corrected chi connectivity index (χ3v) is 2.52. The van der Waals surface area contributed by atoms with Crippen molar-refractivity contribution in [2.75, 3.05) is 34.7 Å². The normalized spacial score (nSPS) is 9.94. The molecule has 94 valence electrons. The fourth-order valence-electron chi connectivity index (χ4n) is 1.72. The molecule has 1 rings (SSSR count). The first kappa shape index (κ1) is 13.5. The predicted octanol–water partition coefficient (Wildman–Crippen LogP) is 1.41. The zero-order chi connectivity index (χ0) is 12.8. The molecular formula is C13H22N4. The molecule has 0 aromatic carbocycles. The van der Waals surface area contributed by atoms with Crippen LogP contribution >= 0.6 is 0 Å². The van der Waals surface area contributed by atoms with Crippen LogP contribution < -0.4 is 0 Å². The molecular weight excluding hydrogens is 212 g/mol. The van der Waals surface area contributed by atoms with E-state index in [4.69, 9.17) is 0 Å². The maximum atomic E-state index is 4.59. The van der Waals surface area contributed by atoms with E-state index in [2.05, 4.69) is 23.0 Å². The van der Waals surface area contributed by atoms with Crippen molar-refractivity contribution < 1.29 is 0 Å². The highest BCUT2D eigenvalue weighted by Gasteiger charge is 2.04. The molecule has 0 aliphatic carbocycles.